The van der Waals surface area contributed by atoms with Crippen LogP contribution in [-0.4, -0.2) is 41.4 Å². The molecule has 1 atom stereocenters. The molecule has 0 aliphatic rings. The first-order chi connectivity index (χ1) is 8.33. The molecule has 1 aromatic carbocycles. The molecule has 2 N–H and O–H groups in total. The van der Waals surface area contributed by atoms with Gasteiger partial charge in [-0.3, -0.25) is 0 Å². The minimum absolute atomic E-state index is 0.0238. The average Bonchev–Trinajstić information content (AvgIpc) is 2.38. The van der Waals surface area contributed by atoms with Gasteiger partial charge in [0.2, 0.25) is 5.95 Å². The molecule has 2 rings (SSSR count). The molecule has 0 fully saturated rings. The standard InChI is InChI=1S/C12H15N3O2/c1-17-8-10(7-16)14-12-13-6-9-4-2-3-5-11(9)15-12/h2-6,10,16H,7-8H2,1H3,(H,13,14,15). The van der Waals surface area contributed by atoms with Crippen molar-refractivity contribution >= 4 is 16.9 Å². The number of para-hydroxylation sites is 1. The maximum Gasteiger partial charge on any atom is 0.223 e. The van der Waals surface area contributed by atoms with Crippen LogP contribution < -0.4 is 5.32 Å². The number of hydrogen-bond donors (Lipinski definition) is 2. The number of nitrogens with one attached hydrogen (secondary N) is 1. The van der Waals surface area contributed by atoms with E-state index in [4.69, 9.17) is 9.84 Å². The zero-order chi connectivity index (χ0) is 12.1. The van der Waals surface area contributed by atoms with E-state index in [1.54, 1.807) is 13.3 Å². The molecule has 0 spiro atoms. The minimum Gasteiger partial charge on any atom is -0.394 e. The van der Waals surface area contributed by atoms with Gasteiger partial charge in [-0.25, -0.2) is 9.97 Å². The van der Waals surface area contributed by atoms with Crippen molar-refractivity contribution < 1.29 is 9.84 Å². The predicted octanol–water partition coefficient (Wildman–Crippen LogP) is 1.05. The molecule has 5 heteroatoms. The van der Waals surface area contributed by atoms with Gasteiger partial charge in [-0.2, -0.15) is 0 Å². The van der Waals surface area contributed by atoms with Gasteiger partial charge in [0.15, 0.2) is 0 Å². The number of rotatable bonds is 5. The fraction of sp³-hybridized carbons (Fsp3) is 0.333. The van der Waals surface area contributed by atoms with Gasteiger partial charge in [0.25, 0.3) is 0 Å². The van der Waals surface area contributed by atoms with Gasteiger partial charge in [0.05, 0.1) is 24.8 Å². The third-order valence-corrected chi connectivity index (χ3v) is 2.41. The molecule has 1 unspecified atom stereocenters. The van der Waals surface area contributed by atoms with Crippen molar-refractivity contribution in [1.29, 1.82) is 0 Å². The van der Waals surface area contributed by atoms with Crippen molar-refractivity contribution in [1.82, 2.24) is 9.97 Å². The molecule has 2 aromatic rings. The van der Waals surface area contributed by atoms with E-state index in [0.29, 0.717) is 12.6 Å². The van der Waals surface area contributed by atoms with Crippen LogP contribution in [0.4, 0.5) is 5.95 Å². The highest BCUT2D eigenvalue weighted by atomic mass is 16.5. The quantitative estimate of drug-likeness (QED) is 0.808. The van der Waals surface area contributed by atoms with Crippen molar-refractivity contribution in [3.63, 3.8) is 0 Å². The third kappa shape index (κ3) is 2.89. The van der Waals surface area contributed by atoms with Gasteiger partial charge < -0.3 is 15.2 Å². The summed E-state index contributed by atoms with van der Waals surface area (Å²) in [7, 11) is 1.59. The van der Waals surface area contributed by atoms with E-state index in [1.165, 1.54) is 0 Å². The van der Waals surface area contributed by atoms with Crippen LogP contribution in [0.1, 0.15) is 0 Å². The molecule has 1 aromatic heterocycles. The van der Waals surface area contributed by atoms with E-state index in [-0.39, 0.29) is 12.6 Å². The lowest BCUT2D eigenvalue weighted by Gasteiger charge is -2.14. The molecular weight excluding hydrogens is 218 g/mol. The van der Waals surface area contributed by atoms with Crippen LogP contribution in [0.2, 0.25) is 0 Å². The molecule has 0 saturated carbocycles. The second-order valence-electron chi connectivity index (χ2n) is 3.73. The van der Waals surface area contributed by atoms with Crippen molar-refractivity contribution in [2.24, 2.45) is 0 Å². The summed E-state index contributed by atoms with van der Waals surface area (Å²) in [6.45, 7) is 0.386. The Morgan fingerprint density at radius 1 is 1.41 bits per heavy atom. The van der Waals surface area contributed by atoms with Gasteiger partial charge in [0.1, 0.15) is 0 Å². The van der Waals surface area contributed by atoms with Crippen LogP contribution in [0.3, 0.4) is 0 Å². The minimum atomic E-state index is -0.193. The van der Waals surface area contributed by atoms with Crippen molar-refractivity contribution in [2.75, 3.05) is 25.6 Å². The molecule has 0 radical (unpaired) electrons. The smallest absolute Gasteiger partial charge is 0.223 e. The van der Waals surface area contributed by atoms with Gasteiger partial charge in [-0.15, -0.1) is 0 Å². The molecule has 0 aliphatic carbocycles. The number of hydrogen-bond acceptors (Lipinski definition) is 5. The Balaban J connectivity index is 2.18. The Bertz CT molecular complexity index is 490. The van der Waals surface area contributed by atoms with Crippen LogP contribution >= 0.6 is 0 Å². The highest BCUT2D eigenvalue weighted by Crippen LogP contribution is 2.12. The topological polar surface area (TPSA) is 67.3 Å². The molecule has 17 heavy (non-hydrogen) atoms. The fourth-order valence-corrected chi connectivity index (χ4v) is 1.57. The van der Waals surface area contributed by atoms with Crippen molar-refractivity contribution in [2.45, 2.75) is 6.04 Å². The lowest BCUT2D eigenvalue weighted by atomic mass is 10.2. The SMILES string of the molecule is COCC(CO)Nc1ncc2ccccc2n1. The number of aliphatic hydroxyl groups is 1. The summed E-state index contributed by atoms with van der Waals surface area (Å²) in [6, 6.07) is 7.56. The fourth-order valence-electron chi connectivity index (χ4n) is 1.57. The number of methoxy groups -OCH3 is 1. The first-order valence-corrected chi connectivity index (χ1v) is 5.41. The zero-order valence-electron chi connectivity index (χ0n) is 9.63. The molecular formula is C12H15N3O2. The van der Waals surface area contributed by atoms with E-state index < -0.39 is 0 Å². The second kappa shape index (κ2) is 5.56. The Labute approximate surface area is 99.5 Å². The lowest BCUT2D eigenvalue weighted by Crippen LogP contribution is -2.29. The van der Waals surface area contributed by atoms with Crippen molar-refractivity contribution in [3.8, 4) is 0 Å². The third-order valence-electron chi connectivity index (χ3n) is 2.41. The molecule has 0 amide bonds. The van der Waals surface area contributed by atoms with Crippen LogP contribution in [0.25, 0.3) is 10.9 Å². The van der Waals surface area contributed by atoms with E-state index in [2.05, 4.69) is 15.3 Å². The van der Waals surface area contributed by atoms with E-state index >= 15 is 0 Å². The van der Waals surface area contributed by atoms with Gasteiger partial charge in [0, 0.05) is 18.7 Å². The molecule has 1 heterocycles. The van der Waals surface area contributed by atoms with Crippen molar-refractivity contribution in [3.05, 3.63) is 30.5 Å². The van der Waals surface area contributed by atoms with Gasteiger partial charge in [-0.1, -0.05) is 18.2 Å². The van der Waals surface area contributed by atoms with Crippen LogP contribution in [-0.2, 0) is 4.74 Å². The highest BCUT2D eigenvalue weighted by Gasteiger charge is 2.08. The summed E-state index contributed by atoms with van der Waals surface area (Å²) in [5, 5.41) is 13.1. The highest BCUT2D eigenvalue weighted by molar-refractivity contribution is 5.78. The zero-order valence-corrected chi connectivity index (χ0v) is 9.63. The summed E-state index contributed by atoms with van der Waals surface area (Å²) >= 11 is 0. The summed E-state index contributed by atoms with van der Waals surface area (Å²) in [4.78, 5) is 8.54. The Morgan fingerprint density at radius 2 is 2.24 bits per heavy atom. The second-order valence-corrected chi connectivity index (χ2v) is 3.73. The number of ether oxygens (including phenoxy) is 1. The predicted molar refractivity (Wildman–Crippen MR) is 65.9 cm³/mol. The number of benzene rings is 1. The van der Waals surface area contributed by atoms with Crippen LogP contribution in [0.5, 0.6) is 0 Å². The normalized spacial score (nSPS) is 12.6. The number of aliphatic hydroxyl groups excluding tert-OH is 1. The van der Waals surface area contributed by atoms with Gasteiger partial charge in [-0.05, 0) is 6.07 Å². The number of anilines is 1. The van der Waals surface area contributed by atoms with E-state index in [0.717, 1.165) is 10.9 Å². The first-order valence-electron chi connectivity index (χ1n) is 5.41. The summed E-state index contributed by atoms with van der Waals surface area (Å²) < 4.78 is 4.98. The lowest BCUT2D eigenvalue weighted by molar-refractivity contribution is 0.153. The van der Waals surface area contributed by atoms with E-state index in [9.17, 15) is 0 Å². The largest absolute Gasteiger partial charge is 0.394 e. The number of fused-ring (bicyclic) bond motifs is 1. The van der Waals surface area contributed by atoms with Crippen LogP contribution in [0, 0.1) is 0 Å². The first kappa shape index (κ1) is 11.8. The van der Waals surface area contributed by atoms with E-state index in [1.807, 2.05) is 24.3 Å². The molecule has 90 valence electrons. The average molecular weight is 233 g/mol. The Hall–Kier alpha value is -1.72. The Kier molecular flexibility index (Phi) is 3.85. The molecule has 5 nitrogen and oxygen atoms in total. The molecule has 0 aliphatic heterocycles. The molecule has 0 saturated heterocycles. The van der Waals surface area contributed by atoms with Crippen LogP contribution in [0.15, 0.2) is 30.5 Å². The Morgan fingerprint density at radius 3 is 3.00 bits per heavy atom. The maximum atomic E-state index is 9.13. The summed E-state index contributed by atoms with van der Waals surface area (Å²) in [6.07, 6.45) is 1.76. The maximum absolute atomic E-state index is 9.13. The summed E-state index contributed by atoms with van der Waals surface area (Å²) in [5.41, 5.74) is 0.874. The number of aromatic nitrogens is 2. The van der Waals surface area contributed by atoms with Gasteiger partial charge >= 0.3 is 0 Å². The molecule has 0 bridgehead atoms. The monoisotopic (exact) mass is 233 g/mol. The summed E-state index contributed by atoms with van der Waals surface area (Å²) in [5.74, 6) is 0.500. The number of nitrogens with zero attached hydrogens (tertiary/aromatic N) is 2.